The van der Waals surface area contributed by atoms with E-state index in [4.69, 9.17) is 11.6 Å². The SMILES string of the molecule is CCCCCN(C(=O)c1cc(Cl)ccc1O)C(C)C. The van der Waals surface area contributed by atoms with Crippen LogP contribution in [-0.4, -0.2) is 28.5 Å². The standard InChI is InChI=1S/C15H22ClNO2/c1-4-5-6-9-17(11(2)3)15(19)13-10-12(16)7-8-14(13)18/h7-8,10-11,18H,4-6,9H2,1-3H3. The minimum Gasteiger partial charge on any atom is -0.507 e. The van der Waals surface area contributed by atoms with Gasteiger partial charge in [-0.3, -0.25) is 4.79 Å². The van der Waals surface area contributed by atoms with E-state index in [-0.39, 0.29) is 23.3 Å². The molecule has 0 atom stereocenters. The summed E-state index contributed by atoms with van der Waals surface area (Å²) in [5.41, 5.74) is 0.276. The van der Waals surface area contributed by atoms with Crippen molar-refractivity contribution in [3.8, 4) is 5.75 Å². The number of phenolic OH excluding ortho intramolecular Hbond substituents is 1. The number of hydrogen-bond acceptors (Lipinski definition) is 2. The number of benzene rings is 1. The molecule has 1 aromatic carbocycles. The first kappa shape index (κ1) is 15.8. The van der Waals surface area contributed by atoms with Gasteiger partial charge in [-0.05, 0) is 38.5 Å². The summed E-state index contributed by atoms with van der Waals surface area (Å²) in [6, 6.07) is 4.65. The summed E-state index contributed by atoms with van der Waals surface area (Å²) >= 11 is 5.89. The molecule has 0 aliphatic rings. The molecule has 0 saturated carbocycles. The Hall–Kier alpha value is -1.22. The summed E-state index contributed by atoms with van der Waals surface area (Å²) in [5, 5.41) is 10.3. The lowest BCUT2D eigenvalue weighted by molar-refractivity contribution is 0.0699. The third-order valence-corrected chi connectivity index (χ3v) is 3.31. The van der Waals surface area contributed by atoms with E-state index < -0.39 is 0 Å². The van der Waals surface area contributed by atoms with E-state index in [0.29, 0.717) is 11.6 Å². The first-order chi connectivity index (χ1) is 8.97. The third-order valence-electron chi connectivity index (χ3n) is 3.08. The number of aromatic hydroxyl groups is 1. The fourth-order valence-electron chi connectivity index (χ4n) is 1.96. The summed E-state index contributed by atoms with van der Waals surface area (Å²) in [4.78, 5) is 14.2. The molecule has 3 nitrogen and oxygen atoms in total. The lowest BCUT2D eigenvalue weighted by Crippen LogP contribution is -2.37. The predicted molar refractivity (Wildman–Crippen MR) is 78.8 cm³/mol. The number of hydrogen-bond donors (Lipinski definition) is 1. The quantitative estimate of drug-likeness (QED) is 0.799. The highest BCUT2D eigenvalue weighted by Gasteiger charge is 2.21. The zero-order chi connectivity index (χ0) is 14.4. The van der Waals surface area contributed by atoms with Crippen LogP contribution in [0.1, 0.15) is 50.4 Å². The zero-order valence-electron chi connectivity index (χ0n) is 11.8. The third kappa shape index (κ3) is 4.43. The van der Waals surface area contributed by atoms with Gasteiger partial charge in [-0.1, -0.05) is 31.4 Å². The van der Waals surface area contributed by atoms with Crippen LogP contribution in [0.4, 0.5) is 0 Å². The molecule has 1 rings (SSSR count). The van der Waals surface area contributed by atoms with Gasteiger partial charge in [0.2, 0.25) is 0 Å². The van der Waals surface area contributed by atoms with Gasteiger partial charge in [0.05, 0.1) is 5.56 Å². The summed E-state index contributed by atoms with van der Waals surface area (Å²) < 4.78 is 0. The van der Waals surface area contributed by atoms with Crippen LogP contribution in [-0.2, 0) is 0 Å². The molecule has 0 heterocycles. The van der Waals surface area contributed by atoms with E-state index >= 15 is 0 Å². The van der Waals surface area contributed by atoms with Crippen LogP contribution in [0.2, 0.25) is 5.02 Å². The largest absolute Gasteiger partial charge is 0.507 e. The molecule has 0 aromatic heterocycles. The number of phenols is 1. The molecule has 1 amide bonds. The minimum absolute atomic E-state index is 0.0180. The van der Waals surface area contributed by atoms with E-state index in [9.17, 15) is 9.90 Å². The van der Waals surface area contributed by atoms with Gasteiger partial charge < -0.3 is 10.0 Å². The molecule has 0 spiro atoms. The number of carbonyl (C=O) groups is 1. The molecule has 19 heavy (non-hydrogen) atoms. The Balaban J connectivity index is 2.89. The Labute approximate surface area is 120 Å². The van der Waals surface area contributed by atoms with E-state index in [1.807, 2.05) is 13.8 Å². The van der Waals surface area contributed by atoms with E-state index in [1.54, 1.807) is 11.0 Å². The van der Waals surface area contributed by atoms with Crippen molar-refractivity contribution in [2.24, 2.45) is 0 Å². The zero-order valence-corrected chi connectivity index (χ0v) is 12.6. The maximum absolute atomic E-state index is 12.5. The topological polar surface area (TPSA) is 40.5 Å². The van der Waals surface area contributed by atoms with Crippen LogP contribution in [0.5, 0.6) is 5.75 Å². The summed E-state index contributed by atoms with van der Waals surface area (Å²) in [6.45, 7) is 6.79. The molecular weight excluding hydrogens is 262 g/mol. The molecule has 0 saturated heterocycles. The van der Waals surface area contributed by atoms with Crippen LogP contribution >= 0.6 is 11.6 Å². The minimum atomic E-state index is -0.161. The second-order valence-corrected chi connectivity index (χ2v) is 5.40. The van der Waals surface area contributed by atoms with Gasteiger partial charge in [0.1, 0.15) is 5.75 Å². The van der Waals surface area contributed by atoms with E-state index in [0.717, 1.165) is 19.3 Å². The first-order valence-electron chi connectivity index (χ1n) is 6.76. The van der Waals surface area contributed by atoms with Crippen LogP contribution in [0.3, 0.4) is 0 Å². The van der Waals surface area contributed by atoms with Crippen molar-refractivity contribution < 1.29 is 9.90 Å². The second-order valence-electron chi connectivity index (χ2n) is 4.96. The molecule has 0 radical (unpaired) electrons. The second kappa shape index (κ2) is 7.39. The maximum Gasteiger partial charge on any atom is 0.257 e. The van der Waals surface area contributed by atoms with E-state index in [1.165, 1.54) is 12.1 Å². The highest BCUT2D eigenvalue weighted by atomic mass is 35.5. The molecule has 0 aliphatic carbocycles. The molecule has 0 aliphatic heterocycles. The predicted octanol–water partition coefficient (Wildman–Crippen LogP) is 4.09. The van der Waals surface area contributed by atoms with Crippen molar-refractivity contribution in [3.63, 3.8) is 0 Å². The lowest BCUT2D eigenvalue weighted by atomic mass is 10.1. The van der Waals surface area contributed by atoms with Gasteiger partial charge in [-0.2, -0.15) is 0 Å². The van der Waals surface area contributed by atoms with E-state index in [2.05, 4.69) is 6.92 Å². The Morgan fingerprint density at radius 3 is 2.63 bits per heavy atom. The van der Waals surface area contributed by atoms with Gasteiger partial charge in [0, 0.05) is 17.6 Å². The summed E-state index contributed by atoms with van der Waals surface area (Å²) in [6.07, 6.45) is 3.18. The summed E-state index contributed by atoms with van der Waals surface area (Å²) in [7, 11) is 0. The van der Waals surface area contributed by atoms with Gasteiger partial charge in [0.25, 0.3) is 5.91 Å². The first-order valence-corrected chi connectivity index (χ1v) is 7.14. The van der Waals surface area contributed by atoms with Crippen LogP contribution in [0.15, 0.2) is 18.2 Å². The molecule has 0 unspecified atom stereocenters. The fourth-order valence-corrected chi connectivity index (χ4v) is 2.13. The van der Waals surface area contributed by atoms with Crippen molar-refractivity contribution in [2.75, 3.05) is 6.54 Å². The van der Waals surface area contributed by atoms with Crippen LogP contribution in [0, 0.1) is 0 Å². The molecule has 1 aromatic rings. The molecule has 0 bridgehead atoms. The lowest BCUT2D eigenvalue weighted by Gasteiger charge is -2.27. The van der Waals surface area contributed by atoms with Crippen molar-refractivity contribution >= 4 is 17.5 Å². The highest BCUT2D eigenvalue weighted by Crippen LogP contribution is 2.24. The Kier molecular flexibility index (Phi) is 6.16. The molecular formula is C15H22ClNO2. The summed E-state index contributed by atoms with van der Waals surface area (Å²) in [5.74, 6) is -0.179. The maximum atomic E-state index is 12.5. The average molecular weight is 284 g/mol. The molecule has 0 fully saturated rings. The molecule has 4 heteroatoms. The Morgan fingerprint density at radius 1 is 1.37 bits per heavy atom. The number of nitrogens with zero attached hydrogens (tertiary/aromatic N) is 1. The van der Waals surface area contributed by atoms with Crippen molar-refractivity contribution in [2.45, 2.75) is 46.1 Å². The smallest absolute Gasteiger partial charge is 0.257 e. The molecule has 106 valence electrons. The molecule has 1 N–H and O–H groups in total. The number of amides is 1. The van der Waals surface area contributed by atoms with Crippen molar-refractivity contribution in [3.05, 3.63) is 28.8 Å². The Morgan fingerprint density at radius 2 is 2.05 bits per heavy atom. The van der Waals surface area contributed by atoms with Gasteiger partial charge in [0.15, 0.2) is 0 Å². The van der Waals surface area contributed by atoms with Gasteiger partial charge in [-0.25, -0.2) is 0 Å². The monoisotopic (exact) mass is 283 g/mol. The van der Waals surface area contributed by atoms with Crippen LogP contribution < -0.4 is 0 Å². The van der Waals surface area contributed by atoms with Crippen LogP contribution in [0.25, 0.3) is 0 Å². The number of halogens is 1. The number of rotatable bonds is 6. The fraction of sp³-hybridized carbons (Fsp3) is 0.533. The van der Waals surface area contributed by atoms with Crippen molar-refractivity contribution in [1.29, 1.82) is 0 Å². The van der Waals surface area contributed by atoms with Gasteiger partial charge >= 0.3 is 0 Å². The van der Waals surface area contributed by atoms with Crippen molar-refractivity contribution in [1.82, 2.24) is 4.90 Å². The number of carbonyl (C=O) groups excluding carboxylic acids is 1. The average Bonchev–Trinajstić information content (AvgIpc) is 2.36. The number of unbranched alkanes of at least 4 members (excludes halogenated alkanes) is 2. The Bertz CT molecular complexity index is 432. The highest BCUT2D eigenvalue weighted by molar-refractivity contribution is 6.31. The normalized spacial score (nSPS) is 10.8. The van der Waals surface area contributed by atoms with Gasteiger partial charge in [-0.15, -0.1) is 0 Å².